The second-order valence-electron chi connectivity index (χ2n) is 11.1. The summed E-state index contributed by atoms with van der Waals surface area (Å²) in [5.41, 5.74) is -0.607. The van der Waals surface area contributed by atoms with Gasteiger partial charge in [0.1, 0.15) is 11.4 Å². The summed E-state index contributed by atoms with van der Waals surface area (Å²) in [6.07, 6.45) is -4.46. The second kappa shape index (κ2) is 8.69. The normalized spacial score (nSPS) is 18.8. The number of rotatable bonds is 4. The summed E-state index contributed by atoms with van der Waals surface area (Å²) in [7, 11) is 1.33. The van der Waals surface area contributed by atoms with Crippen LogP contribution in [0.15, 0.2) is 30.3 Å². The lowest BCUT2D eigenvalue weighted by Crippen LogP contribution is -2.73. The summed E-state index contributed by atoms with van der Waals surface area (Å²) in [5, 5.41) is 9.10. The highest BCUT2D eigenvalue weighted by Gasteiger charge is 2.55. The van der Waals surface area contributed by atoms with E-state index in [9.17, 15) is 22.0 Å². The van der Waals surface area contributed by atoms with Crippen molar-refractivity contribution in [1.82, 2.24) is 19.7 Å². The Labute approximate surface area is 226 Å². The van der Waals surface area contributed by atoms with Gasteiger partial charge >= 0.3 is 6.18 Å². The Hall–Kier alpha value is -3.12. The first-order valence-corrected chi connectivity index (χ1v) is 12.8. The summed E-state index contributed by atoms with van der Waals surface area (Å²) in [5.74, 6) is -0.479. The smallest absolute Gasteiger partial charge is 0.406 e. The topological polar surface area (TPSA) is 49.7 Å². The third-order valence-electron chi connectivity index (χ3n) is 8.12. The molecule has 7 nitrogen and oxygen atoms in total. The molecule has 0 atom stereocenters. The Kier molecular flexibility index (Phi) is 5.82. The maximum absolute atomic E-state index is 14.4. The van der Waals surface area contributed by atoms with Gasteiger partial charge in [-0.25, -0.2) is 8.78 Å². The number of benzene rings is 2. The minimum Gasteiger partial charge on any atom is -0.494 e. The van der Waals surface area contributed by atoms with E-state index in [1.807, 2.05) is 14.4 Å². The second-order valence-corrected chi connectivity index (χ2v) is 11.5. The van der Waals surface area contributed by atoms with Crippen LogP contribution in [-0.4, -0.2) is 64.7 Å². The third kappa shape index (κ3) is 4.10. The van der Waals surface area contributed by atoms with Crippen LogP contribution >= 0.6 is 11.6 Å². The Morgan fingerprint density at radius 1 is 0.897 bits per heavy atom. The van der Waals surface area contributed by atoms with E-state index in [-0.39, 0.29) is 29.9 Å². The van der Waals surface area contributed by atoms with E-state index in [4.69, 9.17) is 16.3 Å². The van der Waals surface area contributed by atoms with Crippen LogP contribution in [0, 0.1) is 17.0 Å². The summed E-state index contributed by atoms with van der Waals surface area (Å²) in [6, 6.07) is 7.35. The van der Waals surface area contributed by atoms with E-state index in [0.29, 0.717) is 54.2 Å². The number of methoxy groups -OCH3 is 1. The van der Waals surface area contributed by atoms with Gasteiger partial charge in [0.2, 0.25) is 5.95 Å². The predicted octanol–water partition coefficient (Wildman–Crippen LogP) is 5.19. The van der Waals surface area contributed by atoms with E-state index >= 15 is 0 Å². The fraction of sp³-hybridized carbons (Fsp3) is 0.462. The van der Waals surface area contributed by atoms with Gasteiger partial charge in [-0.3, -0.25) is 9.47 Å². The molecule has 2 aromatic carbocycles. The number of hydrogen-bond donors (Lipinski definition) is 0. The Balaban J connectivity index is 1.26. The van der Waals surface area contributed by atoms with Crippen LogP contribution in [-0.2, 0) is 13.1 Å². The van der Waals surface area contributed by atoms with Gasteiger partial charge in [-0.1, -0.05) is 11.6 Å². The van der Waals surface area contributed by atoms with E-state index in [1.54, 1.807) is 18.2 Å². The Morgan fingerprint density at radius 2 is 1.59 bits per heavy atom. The number of ether oxygens (including phenoxy) is 1. The molecule has 0 bridgehead atoms. The number of alkyl halides is 3. The van der Waals surface area contributed by atoms with Crippen molar-refractivity contribution in [3.63, 3.8) is 0 Å². The van der Waals surface area contributed by atoms with Crippen molar-refractivity contribution in [3.8, 4) is 11.4 Å². The zero-order chi connectivity index (χ0) is 27.9. The van der Waals surface area contributed by atoms with Gasteiger partial charge in [0.25, 0.3) is 0 Å². The molecular formula is C26H26ClF5N6O. The lowest BCUT2D eigenvalue weighted by Gasteiger charge is -2.61. The van der Waals surface area contributed by atoms with Crippen LogP contribution in [0.2, 0.25) is 5.02 Å². The molecule has 1 aromatic heterocycles. The van der Waals surface area contributed by atoms with Crippen molar-refractivity contribution >= 4 is 23.2 Å². The summed E-state index contributed by atoms with van der Waals surface area (Å²) < 4.78 is 77.0. The molecule has 4 heterocycles. The number of hydrogen-bond acceptors (Lipinski definition) is 6. The first-order chi connectivity index (χ1) is 18.3. The predicted molar refractivity (Wildman–Crippen MR) is 136 cm³/mol. The fourth-order valence-corrected chi connectivity index (χ4v) is 5.92. The van der Waals surface area contributed by atoms with Crippen molar-refractivity contribution < 1.29 is 26.7 Å². The highest BCUT2D eigenvalue weighted by atomic mass is 35.5. The number of nitrogens with zero attached hydrogens (tertiary/aromatic N) is 6. The van der Waals surface area contributed by atoms with Gasteiger partial charge in [-0.2, -0.15) is 13.2 Å². The fourth-order valence-electron chi connectivity index (χ4n) is 5.72. The Bertz CT molecular complexity index is 1440. The van der Waals surface area contributed by atoms with E-state index in [0.717, 1.165) is 19.9 Å². The molecule has 0 amide bonds. The average molecular weight is 569 g/mol. The molecule has 2 fully saturated rings. The number of anilines is 2. The molecular weight excluding hydrogens is 543 g/mol. The van der Waals surface area contributed by atoms with Crippen LogP contribution in [0.4, 0.5) is 33.6 Å². The molecule has 0 unspecified atom stereocenters. The molecule has 39 heavy (non-hydrogen) atoms. The molecule has 208 valence electrons. The van der Waals surface area contributed by atoms with Crippen LogP contribution in [0.5, 0.6) is 5.75 Å². The highest BCUT2D eigenvalue weighted by Crippen LogP contribution is 2.46. The van der Waals surface area contributed by atoms with E-state index in [1.165, 1.54) is 18.1 Å². The maximum Gasteiger partial charge on any atom is 0.406 e. The van der Waals surface area contributed by atoms with Gasteiger partial charge in [-0.15, -0.1) is 10.2 Å². The lowest BCUT2D eigenvalue weighted by atomic mass is 9.72. The molecule has 3 aliphatic rings. The first kappa shape index (κ1) is 26.1. The molecule has 0 N–H and O–H groups in total. The molecule has 0 saturated carbocycles. The number of fused-ring (bicyclic) bond motifs is 3. The van der Waals surface area contributed by atoms with Gasteiger partial charge in [-0.05, 0) is 37.6 Å². The van der Waals surface area contributed by atoms with Crippen LogP contribution in [0.3, 0.4) is 0 Å². The van der Waals surface area contributed by atoms with Gasteiger partial charge < -0.3 is 14.5 Å². The number of halogens is 6. The quantitative estimate of drug-likeness (QED) is 0.404. The molecule has 3 aromatic rings. The van der Waals surface area contributed by atoms with Crippen LogP contribution < -0.4 is 14.5 Å². The molecule has 6 rings (SSSR count). The molecule has 13 heteroatoms. The van der Waals surface area contributed by atoms with Crippen LogP contribution in [0.1, 0.15) is 25.2 Å². The zero-order valence-corrected chi connectivity index (χ0v) is 22.2. The van der Waals surface area contributed by atoms with Crippen molar-refractivity contribution in [2.45, 2.75) is 38.7 Å². The third-order valence-corrected chi connectivity index (χ3v) is 8.36. The highest BCUT2D eigenvalue weighted by molar-refractivity contribution is 6.30. The molecule has 3 aliphatic heterocycles. The monoisotopic (exact) mass is 568 g/mol. The molecule has 2 saturated heterocycles. The van der Waals surface area contributed by atoms with Crippen LogP contribution in [0.25, 0.3) is 5.69 Å². The zero-order valence-electron chi connectivity index (χ0n) is 21.5. The molecule has 0 aliphatic carbocycles. The maximum atomic E-state index is 14.4. The standard InChI is InChI=1S/C26H26ClF5N6O/c1-24(2,26(30,31)32)37-9-15-6-16(27)4-5-19(15)38-22(10-37)33-34-23(38)36-13-25(14-36)11-35(12-25)20-8-21(39-3)18(29)7-17(20)28/h4-8H,9-14H2,1-3H3. The van der Waals surface area contributed by atoms with E-state index in [2.05, 4.69) is 10.2 Å². The lowest BCUT2D eigenvalue weighted by molar-refractivity contribution is -0.224. The first-order valence-electron chi connectivity index (χ1n) is 12.4. The minimum absolute atomic E-state index is 0.0183. The van der Waals surface area contributed by atoms with Crippen molar-refractivity contribution in [1.29, 1.82) is 0 Å². The van der Waals surface area contributed by atoms with Gasteiger partial charge in [0.15, 0.2) is 17.4 Å². The average Bonchev–Trinajstić information content (AvgIpc) is 3.12. The van der Waals surface area contributed by atoms with Crippen molar-refractivity contribution in [2.24, 2.45) is 5.41 Å². The van der Waals surface area contributed by atoms with Crippen molar-refractivity contribution in [2.75, 3.05) is 43.1 Å². The molecule has 1 spiro atoms. The van der Waals surface area contributed by atoms with Gasteiger partial charge in [0, 0.05) is 55.3 Å². The summed E-state index contributed by atoms with van der Waals surface area (Å²) >= 11 is 6.24. The summed E-state index contributed by atoms with van der Waals surface area (Å²) in [4.78, 5) is 5.21. The van der Waals surface area contributed by atoms with E-state index < -0.39 is 23.3 Å². The minimum atomic E-state index is -4.46. The van der Waals surface area contributed by atoms with Crippen molar-refractivity contribution in [3.05, 3.63) is 58.4 Å². The summed E-state index contributed by atoms with van der Waals surface area (Å²) in [6.45, 7) is 4.66. The largest absolute Gasteiger partial charge is 0.494 e. The Morgan fingerprint density at radius 3 is 2.26 bits per heavy atom. The van der Waals surface area contributed by atoms with Gasteiger partial charge in [0.05, 0.1) is 25.0 Å². The molecule has 0 radical (unpaired) electrons. The SMILES string of the molecule is COc1cc(N2CC3(C2)CN(c2nnc4n2-c2ccc(Cl)cc2CN(C(C)(C)C(F)(F)F)C4)C3)c(F)cc1F. The number of aromatic nitrogens is 3.